The molecule has 17 heavy (non-hydrogen) atoms. The molecule has 0 bridgehead atoms. The van der Waals surface area contributed by atoms with Crippen molar-refractivity contribution in [2.45, 2.75) is 42.9 Å². The molecule has 0 radical (unpaired) electrons. The number of hydrogen-bond acceptors (Lipinski definition) is 4. The van der Waals surface area contributed by atoms with Crippen molar-refractivity contribution in [3.8, 4) is 0 Å². The summed E-state index contributed by atoms with van der Waals surface area (Å²) in [7, 11) is -3.25. The van der Waals surface area contributed by atoms with Gasteiger partial charge in [-0.05, 0) is 44.6 Å². The largest absolute Gasteiger partial charge is 0.368 e. The fourth-order valence-corrected chi connectivity index (χ4v) is 4.42. The topological polar surface area (TPSA) is 89.3 Å². The lowest BCUT2D eigenvalue weighted by atomic mass is 9.96. The first-order valence-electron chi connectivity index (χ1n) is 6.10. The third-order valence-electron chi connectivity index (χ3n) is 3.95. The van der Waals surface area contributed by atoms with Gasteiger partial charge >= 0.3 is 0 Å². The molecule has 2 fully saturated rings. The molecule has 2 saturated carbocycles. The van der Waals surface area contributed by atoms with Crippen LogP contribution in [0.5, 0.6) is 0 Å². The molecule has 2 aliphatic carbocycles. The van der Waals surface area contributed by atoms with Crippen LogP contribution in [0.25, 0.3) is 0 Å². The number of carbonyl (C=O) groups excluding carboxylic acids is 1. The Morgan fingerprint density at radius 1 is 1.41 bits per heavy atom. The zero-order valence-electron chi connectivity index (χ0n) is 10.1. The van der Waals surface area contributed by atoms with Gasteiger partial charge in [0.2, 0.25) is 5.91 Å². The summed E-state index contributed by atoms with van der Waals surface area (Å²) in [4.78, 5) is 11.7. The van der Waals surface area contributed by atoms with Crippen LogP contribution in [0.4, 0.5) is 0 Å². The Morgan fingerprint density at radius 2 is 2.06 bits per heavy atom. The van der Waals surface area contributed by atoms with Crippen molar-refractivity contribution in [3.05, 3.63) is 0 Å². The van der Waals surface area contributed by atoms with Crippen molar-refractivity contribution < 1.29 is 13.2 Å². The van der Waals surface area contributed by atoms with Crippen LogP contribution in [0.1, 0.15) is 32.1 Å². The molecule has 2 unspecified atom stereocenters. The average Bonchev–Trinajstić information content (AvgIpc) is 2.91. The minimum atomic E-state index is -3.25. The van der Waals surface area contributed by atoms with E-state index >= 15 is 0 Å². The van der Waals surface area contributed by atoms with Crippen LogP contribution >= 0.6 is 0 Å². The lowest BCUT2D eigenvalue weighted by molar-refractivity contribution is -0.124. The molecule has 0 aromatic rings. The van der Waals surface area contributed by atoms with Gasteiger partial charge in [0, 0.05) is 6.26 Å². The van der Waals surface area contributed by atoms with E-state index in [1.165, 1.54) is 6.26 Å². The van der Waals surface area contributed by atoms with Gasteiger partial charge in [-0.15, -0.1) is 0 Å². The number of carbonyl (C=O) groups is 1. The summed E-state index contributed by atoms with van der Waals surface area (Å²) in [6.45, 7) is 0.703. The van der Waals surface area contributed by atoms with E-state index in [-0.39, 0.29) is 0 Å². The third kappa shape index (κ3) is 2.47. The minimum absolute atomic E-state index is 0.522. The fraction of sp³-hybridized carbons (Fsp3) is 0.909. The standard InChI is InChI=1S/C11H20N2O3S/c1-17(15,16)9-3-2-6-11(9,10(12)14)13-7-8-4-5-8/h8-9,13H,2-7H2,1H3,(H2,12,14). The van der Waals surface area contributed by atoms with Crippen LogP contribution in [0.3, 0.4) is 0 Å². The summed E-state index contributed by atoms with van der Waals surface area (Å²) < 4.78 is 23.5. The van der Waals surface area contributed by atoms with Crippen LogP contribution in [0, 0.1) is 5.92 Å². The molecule has 0 spiro atoms. The summed E-state index contributed by atoms with van der Waals surface area (Å²) in [5.41, 5.74) is 4.43. The number of nitrogens with one attached hydrogen (secondary N) is 1. The maximum atomic E-state index is 11.8. The molecule has 5 nitrogen and oxygen atoms in total. The van der Waals surface area contributed by atoms with Crippen LogP contribution in [0.15, 0.2) is 0 Å². The first-order valence-corrected chi connectivity index (χ1v) is 8.05. The van der Waals surface area contributed by atoms with Crippen molar-refractivity contribution in [2.75, 3.05) is 12.8 Å². The summed E-state index contributed by atoms with van der Waals surface area (Å²) >= 11 is 0. The summed E-state index contributed by atoms with van der Waals surface area (Å²) in [5.74, 6) is 0.0677. The molecule has 0 aromatic heterocycles. The van der Waals surface area contributed by atoms with Crippen molar-refractivity contribution >= 4 is 15.7 Å². The van der Waals surface area contributed by atoms with Crippen LogP contribution < -0.4 is 11.1 Å². The van der Waals surface area contributed by atoms with E-state index in [0.717, 1.165) is 19.3 Å². The van der Waals surface area contributed by atoms with E-state index in [2.05, 4.69) is 5.32 Å². The highest BCUT2D eigenvalue weighted by atomic mass is 32.2. The average molecular weight is 260 g/mol. The predicted molar refractivity (Wildman–Crippen MR) is 65.1 cm³/mol. The first-order chi connectivity index (χ1) is 7.86. The number of rotatable bonds is 5. The highest BCUT2D eigenvalue weighted by molar-refractivity contribution is 7.91. The van der Waals surface area contributed by atoms with E-state index in [1.54, 1.807) is 0 Å². The van der Waals surface area contributed by atoms with Crippen molar-refractivity contribution in [1.29, 1.82) is 0 Å². The van der Waals surface area contributed by atoms with Gasteiger partial charge in [0.05, 0.1) is 5.25 Å². The molecule has 6 heteroatoms. The first kappa shape index (κ1) is 12.8. The quantitative estimate of drug-likeness (QED) is 0.717. The number of amides is 1. The van der Waals surface area contributed by atoms with Gasteiger partial charge in [0.25, 0.3) is 0 Å². The van der Waals surface area contributed by atoms with Crippen molar-refractivity contribution in [1.82, 2.24) is 5.32 Å². The summed E-state index contributed by atoms with van der Waals surface area (Å²) in [6, 6.07) is 0. The Kier molecular flexibility index (Phi) is 3.20. The molecule has 2 rings (SSSR count). The maximum absolute atomic E-state index is 11.8. The highest BCUT2D eigenvalue weighted by Crippen LogP contribution is 2.36. The normalized spacial score (nSPS) is 33.8. The minimum Gasteiger partial charge on any atom is -0.368 e. The van der Waals surface area contributed by atoms with Gasteiger partial charge in [0.1, 0.15) is 5.54 Å². The zero-order valence-corrected chi connectivity index (χ0v) is 10.9. The second-order valence-electron chi connectivity index (χ2n) is 5.37. The smallest absolute Gasteiger partial charge is 0.239 e. The van der Waals surface area contributed by atoms with E-state index in [0.29, 0.717) is 25.3 Å². The predicted octanol–water partition coefficient (Wildman–Crippen LogP) is -0.193. The van der Waals surface area contributed by atoms with Crippen LogP contribution in [-0.4, -0.2) is 37.9 Å². The molecular formula is C11H20N2O3S. The van der Waals surface area contributed by atoms with E-state index in [9.17, 15) is 13.2 Å². The maximum Gasteiger partial charge on any atom is 0.239 e. The third-order valence-corrected chi connectivity index (χ3v) is 5.62. The monoisotopic (exact) mass is 260 g/mol. The molecule has 2 aliphatic rings. The Balaban J connectivity index is 2.21. The molecule has 0 heterocycles. The molecule has 2 atom stereocenters. The molecule has 0 aliphatic heterocycles. The summed E-state index contributed by atoms with van der Waals surface area (Å²) in [6.07, 6.45) is 5.31. The second kappa shape index (κ2) is 4.24. The number of hydrogen-bond donors (Lipinski definition) is 2. The van der Waals surface area contributed by atoms with Gasteiger partial charge in [-0.2, -0.15) is 0 Å². The van der Waals surface area contributed by atoms with E-state index in [4.69, 9.17) is 5.73 Å². The molecule has 0 saturated heterocycles. The Morgan fingerprint density at radius 3 is 2.53 bits per heavy atom. The second-order valence-corrected chi connectivity index (χ2v) is 7.60. The number of nitrogens with two attached hydrogens (primary N) is 1. The van der Waals surface area contributed by atoms with Crippen molar-refractivity contribution in [2.24, 2.45) is 11.7 Å². The van der Waals surface area contributed by atoms with Gasteiger partial charge in [-0.25, -0.2) is 8.42 Å². The SMILES string of the molecule is CS(=O)(=O)C1CCCC1(NCC1CC1)C(N)=O. The van der Waals surface area contributed by atoms with E-state index in [1.807, 2.05) is 0 Å². The molecule has 0 aromatic carbocycles. The van der Waals surface area contributed by atoms with Gasteiger partial charge in [-0.1, -0.05) is 0 Å². The van der Waals surface area contributed by atoms with Crippen molar-refractivity contribution in [3.63, 3.8) is 0 Å². The van der Waals surface area contributed by atoms with Crippen LogP contribution in [0.2, 0.25) is 0 Å². The van der Waals surface area contributed by atoms with Gasteiger partial charge < -0.3 is 11.1 Å². The lowest BCUT2D eigenvalue weighted by Crippen LogP contribution is -2.62. The summed E-state index contributed by atoms with van der Waals surface area (Å²) in [5, 5.41) is 2.50. The Bertz CT molecular complexity index is 416. The highest BCUT2D eigenvalue weighted by Gasteiger charge is 2.52. The Labute approximate surface area is 102 Å². The molecule has 1 amide bonds. The Hall–Kier alpha value is -0.620. The van der Waals surface area contributed by atoms with Crippen LogP contribution in [-0.2, 0) is 14.6 Å². The fourth-order valence-electron chi connectivity index (χ4n) is 2.77. The molecule has 98 valence electrons. The molecule has 3 N–H and O–H groups in total. The number of sulfone groups is 1. The zero-order chi connectivity index (χ0) is 12.7. The van der Waals surface area contributed by atoms with Gasteiger partial charge in [0.15, 0.2) is 9.84 Å². The lowest BCUT2D eigenvalue weighted by Gasteiger charge is -2.32. The number of primary amides is 1. The molecular weight excluding hydrogens is 240 g/mol. The van der Waals surface area contributed by atoms with E-state index < -0.39 is 26.5 Å². The van der Waals surface area contributed by atoms with Gasteiger partial charge in [-0.3, -0.25) is 4.79 Å².